The van der Waals surface area contributed by atoms with E-state index in [1.54, 1.807) is 11.9 Å². The second-order valence-corrected chi connectivity index (χ2v) is 6.00. The van der Waals surface area contributed by atoms with Crippen LogP contribution in [0.1, 0.15) is 40.5 Å². The lowest BCUT2D eigenvalue weighted by atomic mass is 9.87. The standard InChI is InChI=1S/C14H27N3O/c1-12(14(2,3)4)16(5)11-8-13(18)17(6)10-7-9-15/h12H,7-8,10-11H2,1-6H3. The van der Waals surface area contributed by atoms with Gasteiger partial charge in [-0.15, -0.1) is 0 Å². The van der Waals surface area contributed by atoms with E-state index in [4.69, 9.17) is 5.26 Å². The van der Waals surface area contributed by atoms with Crippen molar-refractivity contribution < 1.29 is 4.79 Å². The number of amides is 1. The molecular weight excluding hydrogens is 226 g/mol. The third-order valence-electron chi connectivity index (χ3n) is 3.58. The van der Waals surface area contributed by atoms with Gasteiger partial charge in [0.1, 0.15) is 0 Å². The number of hydrogen-bond donors (Lipinski definition) is 0. The van der Waals surface area contributed by atoms with Crippen LogP contribution in [-0.2, 0) is 4.79 Å². The maximum absolute atomic E-state index is 11.8. The quantitative estimate of drug-likeness (QED) is 0.728. The van der Waals surface area contributed by atoms with Gasteiger partial charge in [0, 0.05) is 32.6 Å². The third-order valence-corrected chi connectivity index (χ3v) is 3.58. The normalized spacial score (nSPS) is 13.2. The lowest BCUT2D eigenvalue weighted by Crippen LogP contribution is -2.41. The van der Waals surface area contributed by atoms with E-state index in [2.05, 4.69) is 45.7 Å². The third kappa shape index (κ3) is 6.02. The molecule has 0 aliphatic carbocycles. The first-order valence-corrected chi connectivity index (χ1v) is 6.51. The van der Waals surface area contributed by atoms with E-state index in [1.165, 1.54) is 0 Å². The first-order valence-electron chi connectivity index (χ1n) is 6.51. The van der Waals surface area contributed by atoms with E-state index in [-0.39, 0.29) is 11.3 Å². The summed E-state index contributed by atoms with van der Waals surface area (Å²) in [5, 5.41) is 8.48. The van der Waals surface area contributed by atoms with Crippen LogP contribution in [0.5, 0.6) is 0 Å². The van der Waals surface area contributed by atoms with E-state index >= 15 is 0 Å². The van der Waals surface area contributed by atoms with Crippen molar-refractivity contribution in [3.05, 3.63) is 0 Å². The molecule has 0 saturated heterocycles. The predicted octanol–water partition coefficient (Wildman–Crippen LogP) is 2.11. The van der Waals surface area contributed by atoms with E-state index < -0.39 is 0 Å². The van der Waals surface area contributed by atoms with Crippen molar-refractivity contribution in [1.82, 2.24) is 9.80 Å². The monoisotopic (exact) mass is 253 g/mol. The second-order valence-electron chi connectivity index (χ2n) is 6.00. The summed E-state index contributed by atoms with van der Waals surface area (Å²) in [5.74, 6) is 0.109. The van der Waals surface area contributed by atoms with E-state index in [0.29, 0.717) is 25.4 Å². The fraction of sp³-hybridized carbons (Fsp3) is 0.857. The Balaban J connectivity index is 4.10. The van der Waals surface area contributed by atoms with E-state index in [1.807, 2.05) is 0 Å². The van der Waals surface area contributed by atoms with Crippen LogP contribution < -0.4 is 0 Å². The van der Waals surface area contributed by atoms with Crippen molar-refractivity contribution >= 4 is 5.91 Å². The molecule has 0 aliphatic heterocycles. The molecule has 0 aromatic heterocycles. The van der Waals surface area contributed by atoms with Crippen LogP contribution in [0, 0.1) is 16.7 Å². The Morgan fingerprint density at radius 1 is 1.28 bits per heavy atom. The Hall–Kier alpha value is -1.08. The predicted molar refractivity (Wildman–Crippen MR) is 74.0 cm³/mol. The summed E-state index contributed by atoms with van der Waals surface area (Å²) in [4.78, 5) is 15.7. The van der Waals surface area contributed by atoms with Gasteiger partial charge in [0.15, 0.2) is 0 Å². The number of nitriles is 1. The lowest BCUT2D eigenvalue weighted by molar-refractivity contribution is -0.130. The number of rotatable bonds is 6. The van der Waals surface area contributed by atoms with Crippen LogP contribution >= 0.6 is 0 Å². The van der Waals surface area contributed by atoms with E-state index in [9.17, 15) is 4.79 Å². The molecule has 0 N–H and O–H groups in total. The molecule has 0 saturated carbocycles. The zero-order valence-corrected chi connectivity index (χ0v) is 12.7. The van der Waals surface area contributed by atoms with Gasteiger partial charge >= 0.3 is 0 Å². The molecule has 1 amide bonds. The van der Waals surface area contributed by atoms with Gasteiger partial charge in [0.05, 0.1) is 12.5 Å². The lowest BCUT2D eigenvalue weighted by Gasteiger charge is -2.35. The van der Waals surface area contributed by atoms with Gasteiger partial charge < -0.3 is 9.80 Å². The highest BCUT2D eigenvalue weighted by Crippen LogP contribution is 2.22. The molecule has 0 rings (SSSR count). The van der Waals surface area contributed by atoms with Crippen LogP contribution in [0.4, 0.5) is 0 Å². The maximum atomic E-state index is 11.8. The summed E-state index contributed by atoms with van der Waals surface area (Å²) in [6.07, 6.45) is 0.912. The van der Waals surface area contributed by atoms with Gasteiger partial charge in [-0.1, -0.05) is 20.8 Å². The van der Waals surface area contributed by atoms with Crippen molar-refractivity contribution in [3.63, 3.8) is 0 Å². The molecule has 1 atom stereocenters. The summed E-state index contributed by atoms with van der Waals surface area (Å²) in [6, 6.07) is 2.48. The molecule has 0 bridgehead atoms. The molecule has 0 radical (unpaired) electrons. The molecule has 104 valence electrons. The van der Waals surface area contributed by atoms with Crippen molar-refractivity contribution in [2.45, 2.75) is 46.6 Å². The smallest absolute Gasteiger partial charge is 0.223 e. The van der Waals surface area contributed by atoms with Gasteiger partial charge in [-0.2, -0.15) is 5.26 Å². The average molecular weight is 253 g/mol. The van der Waals surface area contributed by atoms with Crippen LogP contribution in [0.25, 0.3) is 0 Å². The zero-order valence-electron chi connectivity index (χ0n) is 12.7. The summed E-state index contributed by atoms with van der Waals surface area (Å²) < 4.78 is 0. The van der Waals surface area contributed by atoms with Crippen LogP contribution in [0.15, 0.2) is 0 Å². The van der Waals surface area contributed by atoms with Gasteiger partial charge in [-0.3, -0.25) is 4.79 Å². The topological polar surface area (TPSA) is 47.3 Å². The number of carbonyl (C=O) groups is 1. The minimum absolute atomic E-state index is 0.109. The molecule has 4 nitrogen and oxygen atoms in total. The largest absolute Gasteiger partial charge is 0.345 e. The summed E-state index contributed by atoms with van der Waals surface area (Å²) in [5.41, 5.74) is 0.213. The SMILES string of the molecule is CC(N(C)CCC(=O)N(C)CCC#N)C(C)(C)C. The molecule has 0 aromatic rings. The molecule has 1 unspecified atom stereocenters. The zero-order chi connectivity index (χ0) is 14.3. The van der Waals surface area contributed by atoms with Gasteiger partial charge in [0.25, 0.3) is 0 Å². The Morgan fingerprint density at radius 2 is 1.83 bits per heavy atom. The van der Waals surface area contributed by atoms with Crippen molar-refractivity contribution in [1.29, 1.82) is 5.26 Å². The van der Waals surface area contributed by atoms with Gasteiger partial charge in [0.2, 0.25) is 5.91 Å². The molecule has 0 aliphatic rings. The fourth-order valence-electron chi connectivity index (χ4n) is 1.66. The molecule has 0 heterocycles. The minimum atomic E-state index is 0.109. The van der Waals surface area contributed by atoms with Crippen LogP contribution in [-0.4, -0.2) is 48.9 Å². The molecule has 0 aromatic carbocycles. The number of hydrogen-bond acceptors (Lipinski definition) is 3. The van der Waals surface area contributed by atoms with Crippen molar-refractivity contribution in [2.24, 2.45) is 5.41 Å². The molecule has 4 heteroatoms. The number of nitrogens with zero attached hydrogens (tertiary/aromatic N) is 3. The highest BCUT2D eigenvalue weighted by molar-refractivity contribution is 5.76. The van der Waals surface area contributed by atoms with Crippen LogP contribution in [0.3, 0.4) is 0 Å². The Morgan fingerprint density at radius 3 is 2.28 bits per heavy atom. The maximum Gasteiger partial charge on any atom is 0.223 e. The van der Waals surface area contributed by atoms with Gasteiger partial charge in [-0.05, 0) is 19.4 Å². The molecule has 0 fully saturated rings. The second kappa shape index (κ2) is 7.38. The average Bonchev–Trinajstić information content (AvgIpc) is 2.30. The van der Waals surface area contributed by atoms with Crippen molar-refractivity contribution in [3.8, 4) is 6.07 Å². The summed E-state index contributed by atoms with van der Waals surface area (Å²) in [6.45, 7) is 10.1. The minimum Gasteiger partial charge on any atom is -0.345 e. The van der Waals surface area contributed by atoms with E-state index in [0.717, 1.165) is 6.54 Å². The fourth-order valence-corrected chi connectivity index (χ4v) is 1.66. The Labute approximate surface area is 112 Å². The summed E-state index contributed by atoms with van der Waals surface area (Å²) in [7, 11) is 3.81. The highest BCUT2D eigenvalue weighted by Gasteiger charge is 2.24. The van der Waals surface area contributed by atoms with Crippen molar-refractivity contribution in [2.75, 3.05) is 27.2 Å². The number of carbonyl (C=O) groups excluding carboxylic acids is 1. The highest BCUT2D eigenvalue weighted by atomic mass is 16.2. The Kier molecular flexibility index (Phi) is 6.93. The molecule has 18 heavy (non-hydrogen) atoms. The summed E-state index contributed by atoms with van der Waals surface area (Å²) >= 11 is 0. The first-order chi connectivity index (χ1) is 8.20. The van der Waals surface area contributed by atoms with Gasteiger partial charge in [-0.25, -0.2) is 0 Å². The Bertz CT molecular complexity index is 301. The first kappa shape index (κ1) is 16.9. The molecule has 0 spiro atoms. The molecular formula is C14H27N3O. The van der Waals surface area contributed by atoms with Crippen LogP contribution in [0.2, 0.25) is 0 Å².